The van der Waals surface area contributed by atoms with Gasteiger partial charge in [0.2, 0.25) is 0 Å². The molecule has 1 atom stereocenters. The SMILES string of the molecule is CCC(CC)C(CNCC(C)C)c1cc(Cl)ccc1OC. The Labute approximate surface area is 135 Å². The lowest BCUT2D eigenvalue weighted by Crippen LogP contribution is -2.29. The summed E-state index contributed by atoms with van der Waals surface area (Å²) in [5, 5.41) is 4.39. The molecule has 1 aromatic carbocycles. The zero-order valence-electron chi connectivity index (χ0n) is 14.1. The van der Waals surface area contributed by atoms with E-state index < -0.39 is 0 Å². The summed E-state index contributed by atoms with van der Waals surface area (Å²) in [4.78, 5) is 0. The third kappa shape index (κ3) is 5.52. The Morgan fingerprint density at radius 2 is 1.81 bits per heavy atom. The molecule has 0 aliphatic heterocycles. The molecule has 0 amide bonds. The number of methoxy groups -OCH3 is 1. The Balaban J connectivity index is 3.01. The lowest BCUT2D eigenvalue weighted by atomic mass is 9.82. The van der Waals surface area contributed by atoms with Crippen molar-refractivity contribution in [2.24, 2.45) is 11.8 Å². The first-order chi connectivity index (χ1) is 10.0. The van der Waals surface area contributed by atoms with Crippen LogP contribution in [0.5, 0.6) is 5.75 Å². The lowest BCUT2D eigenvalue weighted by Gasteiger charge is -2.28. The van der Waals surface area contributed by atoms with Gasteiger partial charge in [0.05, 0.1) is 7.11 Å². The molecule has 2 nitrogen and oxygen atoms in total. The Morgan fingerprint density at radius 3 is 2.33 bits per heavy atom. The highest BCUT2D eigenvalue weighted by atomic mass is 35.5. The van der Waals surface area contributed by atoms with Gasteiger partial charge < -0.3 is 10.1 Å². The van der Waals surface area contributed by atoms with Gasteiger partial charge in [0.15, 0.2) is 0 Å². The second kappa shape index (κ2) is 9.32. The van der Waals surface area contributed by atoms with E-state index in [0.29, 0.717) is 17.8 Å². The summed E-state index contributed by atoms with van der Waals surface area (Å²) in [5.74, 6) is 2.68. The molecular weight excluding hydrogens is 282 g/mol. The maximum atomic E-state index is 6.22. The van der Waals surface area contributed by atoms with Crippen molar-refractivity contribution in [3.63, 3.8) is 0 Å². The minimum absolute atomic E-state index is 0.437. The smallest absolute Gasteiger partial charge is 0.122 e. The van der Waals surface area contributed by atoms with E-state index in [1.165, 1.54) is 18.4 Å². The van der Waals surface area contributed by atoms with Crippen LogP contribution in [0.2, 0.25) is 5.02 Å². The van der Waals surface area contributed by atoms with Crippen molar-refractivity contribution < 1.29 is 4.74 Å². The minimum atomic E-state index is 0.437. The Bertz CT molecular complexity index is 416. The highest BCUT2D eigenvalue weighted by Crippen LogP contribution is 2.36. The van der Waals surface area contributed by atoms with E-state index >= 15 is 0 Å². The normalized spacial score (nSPS) is 13.0. The van der Waals surface area contributed by atoms with Crippen molar-refractivity contribution in [1.82, 2.24) is 5.32 Å². The molecule has 120 valence electrons. The summed E-state index contributed by atoms with van der Waals surface area (Å²) in [5.41, 5.74) is 1.23. The lowest BCUT2D eigenvalue weighted by molar-refractivity contribution is 0.352. The second-order valence-electron chi connectivity index (χ2n) is 6.12. The van der Waals surface area contributed by atoms with Crippen LogP contribution in [0.1, 0.15) is 52.0 Å². The number of benzene rings is 1. The van der Waals surface area contributed by atoms with Crippen molar-refractivity contribution in [3.8, 4) is 5.75 Å². The van der Waals surface area contributed by atoms with Gasteiger partial charge in [0, 0.05) is 23.0 Å². The number of rotatable bonds is 9. The van der Waals surface area contributed by atoms with Crippen LogP contribution in [0.4, 0.5) is 0 Å². The summed E-state index contributed by atoms with van der Waals surface area (Å²) in [7, 11) is 1.73. The highest BCUT2D eigenvalue weighted by molar-refractivity contribution is 6.30. The van der Waals surface area contributed by atoms with Gasteiger partial charge in [-0.05, 0) is 36.6 Å². The molecule has 0 aromatic heterocycles. The molecule has 1 aromatic rings. The van der Waals surface area contributed by atoms with Gasteiger partial charge in [-0.15, -0.1) is 0 Å². The van der Waals surface area contributed by atoms with Crippen LogP contribution in [-0.2, 0) is 0 Å². The number of hydrogen-bond donors (Lipinski definition) is 1. The fourth-order valence-electron chi connectivity index (χ4n) is 2.91. The van der Waals surface area contributed by atoms with E-state index in [1.54, 1.807) is 7.11 Å². The molecule has 0 bridgehead atoms. The first-order valence-corrected chi connectivity index (χ1v) is 8.45. The van der Waals surface area contributed by atoms with E-state index in [4.69, 9.17) is 16.3 Å². The second-order valence-corrected chi connectivity index (χ2v) is 6.56. The van der Waals surface area contributed by atoms with Crippen LogP contribution in [0, 0.1) is 11.8 Å². The summed E-state index contributed by atoms with van der Waals surface area (Å²) in [6.45, 7) is 11.0. The van der Waals surface area contributed by atoms with Crippen LogP contribution < -0.4 is 10.1 Å². The van der Waals surface area contributed by atoms with Gasteiger partial charge >= 0.3 is 0 Å². The highest BCUT2D eigenvalue weighted by Gasteiger charge is 2.23. The van der Waals surface area contributed by atoms with Crippen molar-refractivity contribution >= 4 is 11.6 Å². The molecule has 0 heterocycles. The van der Waals surface area contributed by atoms with Crippen molar-refractivity contribution in [2.45, 2.75) is 46.5 Å². The van der Waals surface area contributed by atoms with Crippen molar-refractivity contribution in [2.75, 3.05) is 20.2 Å². The molecule has 21 heavy (non-hydrogen) atoms. The summed E-state index contributed by atoms with van der Waals surface area (Å²) in [6.07, 6.45) is 2.33. The van der Waals surface area contributed by atoms with Crippen LogP contribution in [0.25, 0.3) is 0 Å². The molecule has 1 N–H and O–H groups in total. The standard InChI is InChI=1S/C18H30ClNO/c1-6-14(7-2)17(12-20-11-13(3)4)16-10-15(19)8-9-18(16)21-5/h8-10,13-14,17,20H,6-7,11-12H2,1-5H3. The maximum Gasteiger partial charge on any atom is 0.122 e. The van der Waals surface area contributed by atoms with E-state index in [0.717, 1.165) is 23.9 Å². The van der Waals surface area contributed by atoms with Gasteiger partial charge in [0.25, 0.3) is 0 Å². The van der Waals surface area contributed by atoms with Crippen LogP contribution in [0.3, 0.4) is 0 Å². The van der Waals surface area contributed by atoms with Gasteiger partial charge in [-0.25, -0.2) is 0 Å². The van der Waals surface area contributed by atoms with Crippen LogP contribution >= 0.6 is 11.6 Å². The zero-order valence-corrected chi connectivity index (χ0v) is 14.8. The van der Waals surface area contributed by atoms with Gasteiger partial charge in [0.1, 0.15) is 5.75 Å². The molecule has 0 spiro atoms. The molecule has 0 fully saturated rings. The van der Waals surface area contributed by atoms with Crippen molar-refractivity contribution in [3.05, 3.63) is 28.8 Å². The van der Waals surface area contributed by atoms with Gasteiger partial charge in [-0.2, -0.15) is 0 Å². The fourth-order valence-corrected chi connectivity index (χ4v) is 3.09. The quantitative estimate of drug-likeness (QED) is 0.684. The topological polar surface area (TPSA) is 21.3 Å². The summed E-state index contributed by atoms with van der Waals surface area (Å²) < 4.78 is 5.56. The summed E-state index contributed by atoms with van der Waals surface area (Å²) in [6, 6.07) is 5.95. The Kier molecular flexibility index (Phi) is 8.13. The first kappa shape index (κ1) is 18.3. The van der Waals surface area contributed by atoms with E-state index in [9.17, 15) is 0 Å². The predicted octanol–water partition coefficient (Wildman–Crippen LogP) is 5.11. The minimum Gasteiger partial charge on any atom is -0.496 e. The monoisotopic (exact) mass is 311 g/mol. The number of ether oxygens (including phenoxy) is 1. The molecular formula is C18H30ClNO. The first-order valence-electron chi connectivity index (χ1n) is 8.07. The average Bonchev–Trinajstić information content (AvgIpc) is 2.46. The molecule has 0 saturated heterocycles. The third-order valence-corrected chi connectivity index (χ3v) is 4.36. The Morgan fingerprint density at radius 1 is 1.14 bits per heavy atom. The number of halogens is 1. The number of hydrogen-bond acceptors (Lipinski definition) is 2. The van der Waals surface area contributed by atoms with Crippen LogP contribution in [-0.4, -0.2) is 20.2 Å². The van der Waals surface area contributed by atoms with Gasteiger partial charge in [-0.3, -0.25) is 0 Å². The summed E-state index contributed by atoms with van der Waals surface area (Å²) >= 11 is 6.22. The van der Waals surface area contributed by atoms with E-state index in [1.807, 2.05) is 12.1 Å². The van der Waals surface area contributed by atoms with Crippen LogP contribution in [0.15, 0.2) is 18.2 Å². The average molecular weight is 312 g/mol. The van der Waals surface area contributed by atoms with E-state index in [-0.39, 0.29) is 0 Å². The zero-order chi connectivity index (χ0) is 15.8. The maximum absolute atomic E-state index is 6.22. The van der Waals surface area contributed by atoms with E-state index in [2.05, 4.69) is 39.1 Å². The largest absolute Gasteiger partial charge is 0.496 e. The molecule has 0 aliphatic carbocycles. The number of nitrogens with one attached hydrogen (secondary N) is 1. The Hall–Kier alpha value is -0.730. The molecule has 3 heteroatoms. The molecule has 0 aliphatic rings. The molecule has 0 saturated carbocycles. The van der Waals surface area contributed by atoms with Crippen molar-refractivity contribution in [1.29, 1.82) is 0 Å². The molecule has 1 rings (SSSR count). The molecule has 0 radical (unpaired) electrons. The predicted molar refractivity (Wildman–Crippen MR) is 92.5 cm³/mol. The third-order valence-electron chi connectivity index (χ3n) is 4.13. The molecule has 1 unspecified atom stereocenters. The van der Waals surface area contributed by atoms with Gasteiger partial charge in [-0.1, -0.05) is 52.1 Å². The fraction of sp³-hybridized carbons (Fsp3) is 0.667.